The van der Waals surface area contributed by atoms with Crippen LogP contribution in [0, 0.1) is 0 Å². The van der Waals surface area contributed by atoms with Gasteiger partial charge in [-0.05, 0) is 30.5 Å². The second-order valence-electron chi connectivity index (χ2n) is 4.90. The lowest BCUT2D eigenvalue weighted by atomic mass is 10.2. The highest BCUT2D eigenvalue weighted by atomic mass is 35.5. The summed E-state index contributed by atoms with van der Waals surface area (Å²) >= 11 is 7.49. The number of fused-ring (bicyclic) bond motifs is 1. The van der Waals surface area contributed by atoms with E-state index >= 15 is 0 Å². The predicted octanol–water partition coefficient (Wildman–Crippen LogP) is 5.03. The van der Waals surface area contributed by atoms with Crippen molar-refractivity contribution in [2.24, 2.45) is 7.05 Å². The number of rotatable bonds is 2. The standard InChI is InChI=1S/C15H11ClF3N3S/c1-22-11-7-20-13(15(17,18)19)6-10(11)21-14(22)9-4-3-8(16)5-12(9)23-2/h3-7H,1-2H3. The van der Waals surface area contributed by atoms with E-state index in [0.717, 1.165) is 16.5 Å². The van der Waals surface area contributed by atoms with Gasteiger partial charge in [-0.3, -0.25) is 0 Å². The van der Waals surface area contributed by atoms with Gasteiger partial charge in [-0.25, -0.2) is 9.97 Å². The van der Waals surface area contributed by atoms with Gasteiger partial charge in [-0.15, -0.1) is 11.8 Å². The molecule has 0 saturated carbocycles. The number of aryl methyl sites for hydroxylation is 1. The Bertz CT molecular complexity index is 890. The number of aromatic nitrogens is 3. The molecule has 0 aliphatic heterocycles. The Labute approximate surface area is 139 Å². The van der Waals surface area contributed by atoms with Gasteiger partial charge in [-0.1, -0.05) is 11.6 Å². The zero-order valence-electron chi connectivity index (χ0n) is 12.1. The third-order valence-electron chi connectivity index (χ3n) is 3.46. The number of hydrogen-bond acceptors (Lipinski definition) is 3. The van der Waals surface area contributed by atoms with Crippen molar-refractivity contribution in [3.63, 3.8) is 0 Å². The molecule has 0 bridgehead atoms. The van der Waals surface area contributed by atoms with Crippen LogP contribution in [0.1, 0.15) is 5.69 Å². The normalized spacial score (nSPS) is 12.1. The van der Waals surface area contributed by atoms with Crippen LogP contribution in [0.5, 0.6) is 0 Å². The van der Waals surface area contributed by atoms with Gasteiger partial charge in [-0.2, -0.15) is 13.2 Å². The van der Waals surface area contributed by atoms with E-state index < -0.39 is 11.9 Å². The fraction of sp³-hybridized carbons (Fsp3) is 0.200. The van der Waals surface area contributed by atoms with Gasteiger partial charge < -0.3 is 4.57 Å². The van der Waals surface area contributed by atoms with Gasteiger partial charge in [0.1, 0.15) is 11.5 Å². The molecule has 0 aliphatic carbocycles. The monoisotopic (exact) mass is 357 g/mol. The van der Waals surface area contributed by atoms with Crippen molar-refractivity contribution in [2.75, 3.05) is 6.26 Å². The van der Waals surface area contributed by atoms with Gasteiger partial charge in [0, 0.05) is 22.5 Å². The second-order valence-corrected chi connectivity index (χ2v) is 6.18. The summed E-state index contributed by atoms with van der Waals surface area (Å²) in [5, 5.41) is 0.595. The van der Waals surface area contributed by atoms with Crippen LogP contribution in [-0.4, -0.2) is 20.8 Å². The van der Waals surface area contributed by atoms with Crippen molar-refractivity contribution in [3.05, 3.63) is 41.2 Å². The van der Waals surface area contributed by atoms with E-state index in [0.29, 0.717) is 16.4 Å². The Balaban J connectivity index is 2.21. The molecule has 8 heteroatoms. The molecule has 0 fully saturated rings. The lowest BCUT2D eigenvalue weighted by molar-refractivity contribution is -0.141. The minimum absolute atomic E-state index is 0.256. The van der Waals surface area contributed by atoms with Crippen molar-refractivity contribution in [1.29, 1.82) is 0 Å². The minimum Gasteiger partial charge on any atom is -0.326 e. The van der Waals surface area contributed by atoms with Crippen molar-refractivity contribution in [1.82, 2.24) is 14.5 Å². The highest BCUT2D eigenvalue weighted by Gasteiger charge is 2.33. The Kier molecular flexibility index (Phi) is 4.01. The summed E-state index contributed by atoms with van der Waals surface area (Å²) < 4.78 is 40.1. The van der Waals surface area contributed by atoms with Gasteiger partial charge in [0.25, 0.3) is 0 Å². The fourth-order valence-corrected chi connectivity index (χ4v) is 3.20. The lowest BCUT2D eigenvalue weighted by Crippen LogP contribution is -2.07. The van der Waals surface area contributed by atoms with Crippen LogP contribution in [0.25, 0.3) is 22.4 Å². The van der Waals surface area contributed by atoms with Crippen molar-refractivity contribution in [3.8, 4) is 11.4 Å². The largest absolute Gasteiger partial charge is 0.433 e. The number of nitrogens with zero attached hydrogens (tertiary/aromatic N) is 3. The molecular formula is C15H11ClF3N3S. The van der Waals surface area contributed by atoms with Crippen molar-refractivity contribution < 1.29 is 13.2 Å². The van der Waals surface area contributed by atoms with Crippen LogP contribution < -0.4 is 0 Å². The zero-order valence-corrected chi connectivity index (χ0v) is 13.7. The summed E-state index contributed by atoms with van der Waals surface area (Å²) in [6.45, 7) is 0. The summed E-state index contributed by atoms with van der Waals surface area (Å²) in [5.74, 6) is 0.571. The second kappa shape index (κ2) is 5.72. The molecule has 0 atom stereocenters. The first-order chi connectivity index (χ1) is 10.8. The average Bonchev–Trinajstić information content (AvgIpc) is 2.83. The molecule has 2 heterocycles. The Morgan fingerprint density at radius 2 is 1.96 bits per heavy atom. The molecule has 3 nitrogen and oxygen atoms in total. The van der Waals surface area contributed by atoms with Crippen LogP contribution >= 0.6 is 23.4 Å². The molecule has 0 unspecified atom stereocenters. The van der Waals surface area contributed by atoms with Gasteiger partial charge in [0.05, 0.1) is 17.2 Å². The fourth-order valence-electron chi connectivity index (χ4n) is 2.33. The third-order valence-corrected chi connectivity index (χ3v) is 4.47. The average molecular weight is 358 g/mol. The molecule has 0 amide bonds. The van der Waals surface area contributed by atoms with Crippen LogP contribution in [-0.2, 0) is 13.2 Å². The SMILES string of the molecule is CSc1cc(Cl)ccc1-c1nc2cc(C(F)(F)F)ncc2n1C. The number of benzene rings is 1. The highest BCUT2D eigenvalue weighted by molar-refractivity contribution is 7.98. The van der Waals surface area contributed by atoms with E-state index in [4.69, 9.17) is 11.6 Å². The van der Waals surface area contributed by atoms with E-state index in [1.165, 1.54) is 18.0 Å². The van der Waals surface area contributed by atoms with E-state index in [1.54, 1.807) is 23.7 Å². The van der Waals surface area contributed by atoms with Crippen LogP contribution in [0.3, 0.4) is 0 Å². The molecule has 1 aromatic carbocycles. The molecule has 0 radical (unpaired) electrons. The highest BCUT2D eigenvalue weighted by Crippen LogP contribution is 2.34. The lowest BCUT2D eigenvalue weighted by Gasteiger charge is -2.08. The van der Waals surface area contributed by atoms with Crippen molar-refractivity contribution >= 4 is 34.4 Å². The van der Waals surface area contributed by atoms with Crippen molar-refractivity contribution in [2.45, 2.75) is 11.1 Å². The maximum atomic E-state index is 12.8. The summed E-state index contributed by atoms with van der Waals surface area (Å²) in [4.78, 5) is 8.75. The smallest absolute Gasteiger partial charge is 0.326 e. The Morgan fingerprint density at radius 3 is 2.61 bits per heavy atom. The Morgan fingerprint density at radius 1 is 1.22 bits per heavy atom. The van der Waals surface area contributed by atoms with Gasteiger partial charge >= 0.3 is 6.18 Å². The van der Waals surface area contributed by atoms with Crippen LogP contribution in [0.2, 0.25) is 5.02 Å². The minimum atomic E-state index is -4.49. The van der Waals surface area contributed by atoms with Gasteiger partial charge in [0.2, 0.25) is 0 Å². The maximum Gasteiger partial charge on any atom is 0.433 e. The number of halogens is 4. The molecule has 0 spiro atoms. The zero-order chi connectivity index (χ0) is 16.8. The molecule has 3 aromatic rings. The topological polar surface area (TPSA) is 30.7 Å². The number of imidazole rings is 1. The quantitative estimate of drug-likeness (QED) is 0.603. The number of thioether (sulfide) groups is 1. The first-order valence-corrected chi connectivity index (χ1v) is 8.15. The number of hydrogen-bond donors (Lipinski definition) is 0. The number of alkyl halides is 3. The molecular weight excluding hydrogens is 347 g/mol. The van der Waals surface area contributed by atoms with E-state index in [-0.39, 0.29) is 5.52 Å². The summed E-state index contributed by atoms with van der Waals surface area (Å²) in [5.41, 5.74) is 0.659. The summed E-state index contributed by atoms with van der Waals surface area (Å²) in [7, 11) is 1.75. The Hall–Kier alpha value is -1.73. The number of pyridine rings is 1. The molecule has 0 aliphatic rings. The molecule has 23 heavy (non-hydrogen) atoms. The summed E-state index contributed by atoms with van der Waals surface area (Å²) in [6.07, 6.45) is -1.39. The molecule has 0 N–H and O–H groups in total. The molecule has 120 valence electrons. The first-order valence-electron chi connectivity index (χ1n) is 6.55. The van der Waals surface area contributed by atoms with Crippen LogP contribution in [0.15, 0.2) is 35.4 Å². The van der Waals surface area contributed by atoms with Gasteiger partial charge in [0.15, 0.2) is 0 Å². The maximum absolute atomic E-state index is 12.8. The summed E-state index contributed by atoms with van der Waals surface area (Å²) in [6, 6.07) is 6.32. The molecule has 0 saturated heterocycles. The van der Waals surface area contributed by atoms with E-state index in [2.05, 4.69) is 9.97 Å². The van der Waals surface area contributed by atoms with E-state index in [9.17, 15) is 13.2 Å². The predicted molar refractivity (Wildman–Crippen MR) is 85.7 cm³/mol. The molecule has 3 rings (SSSR count). The third kappa shape index (κ3) is 2.90. The van der Waals surface area contributed by atoms with Crippen LogP contribution in [0.4, 0.5) is 13.2 Å². The van der Waals surface area contributed by atoms with E-state index in [1.807, 2.05) is 12.3 Å². The molecule has 2 aromatic heterocycles. The first kappa shape index (κ1) is 16.1.